The fourth-order valence-corrected chi connectivity index (χ4v) is 4.04. The molecule has 0 spiro atoms. The molecule has 29 heavy (non-hydrogen) atoms. The summed E-state index contributed by atoms with van der Waals surface area (Å²) in [6, 6.07) is 0.0597. The van der Waals surface area contributed by atoms with E-state index in [0.29, 0.717) is 55.2 Å². The second kappa shape index (κ2) is 8.45. The summed E-state index contributed by atoms with van der Waals surface area (Å²) in [6.07, 6.45) is 2.27. The molecule has 2 aliphatic rings. The van der Waals surface area contributed by atoms with E-state index in [0.717, 1.165) is 0 Å². The number of nitrogens with two attached hydrogens (primary N) is 1. The smallest absolute Gasteiger partial charge is 0.369 e. The molecule has 2 saturated carbocycles. The van der Waals surface area contributed by atoms with Gasteiger partial charge in [0.2, 0.25) is 5.95 Å². The lowest BCUT2D eigenvalue weighted by molar-refractivity contribution is -0.187. The lowest BCUT2D eigenvalue weighted by Gasteiger charge is -2.29. The summed E-state index contributed by atoms with van der Waals surface area (Å²) in [5.74, 6) is 0.512. The first-order valence-corrected chi connectivity index (χ1v) is 10.1. The van der Waals surface area contributed by atoms with Gasteiger partial charge in [-0.3, -0.25) is 4.79 Å². The molecule has 0 aromatic carbocycles. The van der Waals surface area contributed by atoms with Crippen molar-refractivity contribution in [1.82, 2.24) is 9.97 Å². The summed E-state index contributed by atoms with van der Waals surface area (Å²) in [5, 5.41) is 3.26. The first-order chi connectivity index (χ1) is 13.5. The lowest BCUT2D eigenvalue weighted by atomic mass is 9.82. The molecule has 0 bridgehead atoms. The van der Waals surface area contributed by atoms with Crippen molar-refractivity contribution < 1.29 is 22.7 Å². The van der Waals surface area contributed by atoms with Crippen molar-refractivity contribution in [3.8, 4) is 0 Å². The maximum atomic E-state index is 12.3. The van der Waals surface area contributed by atoms with Crippen LogP contribution < -0.4 is 11.1 Å². The predicted molar refractivity (Wildman–Crippen MR) is 102 cm³/mol. The van der Waals surface area contributed by atoms with Crippen LogP contribution in [-0.4, -0.2) is 40.8 Å². The molecule has 1 amide bonds. The summed E-state index contributed by atoms with van der Waals surface area (Å²) in [7, 11) is 0. The number of anilines is 1. The molecule has 162 valence electrons. The molecule has 1 aromatic heterocycles. The Hall–Kier alpha value is -1.90. The van der Waals surface area contributed by atoms with Crippen LogP contribution in [0.3, 0.4) is 0 Å². The Morgan fingerprint density at radius 3 is 2.41 bits per heavy atom. The molecule has 0 unspecified atom stereocenters. The van der Waals surface area contributed by atoms with Gasteiger partial charge in [0.15, 0.2) is 0 Å². The van der Waals surface area contributed by atoms with Gasteiger partial charge >= 0.3 is 6.18 Å². The van der Waals surface area contributed by atoms with Gasteiger partial charge in [0.1, 0.15) is 6.61 Å². The number of ether oxygens (including phenoxy) is 1. The second-order valence-corrected chi connectivity index (χ2v) is 8.90. The molecule has 0 saturated heterocycles. The molecule has 0 aliphatic heterocycles. The van der Waals surface area contributed by atoms with E-state index in [2.05, 4.69) is 29.1 Å². The van der Waals surface area contributed by atoms with Crippen LogP contribution in [0.1, 0.15) is 68.4 Å². The molecule has 1 aromatic rings. The third kappa shape index (κ3) is 6.29. The van der Waals surface area contributed by atoms with Crippen LogP contribution in [0.2, 0.25) is 0 Å². The Morgan fingerprint density at radius 2 is 1.86 bits per heavy atom. The number of nitrogens with zero attached hydrogens (tertiary/aromatic N) is 2. The maximum absolute atomic E-state index is 12.3. The Morgan fingerprint density at radius 1 is 1.21 bits per heavy atom. The van der Waals surface area contributed by atoms with Crippen molar-refractivity contribution in [1.29, 1.82) is 0 Å². The van der Waals surface area contributed by atoms with Crippen LogP contribution >= 0.6 is 0 Å². The van der Waals surface area contributed by atoms with Gasteiger partial charge in [-0.25, -0.2) is 9.97 Å². The molecule has 6 nitrogen and oxygen atoms in total. The van der Waals surface area contributed by atoms with Crippen molar-refractivity contribution in [2.75, 3.05) is 11.9 Å². The van der Waals surface area contributed by atoms with Crippen LogP contribution in [0, 0.1) is 11.3 Å². The summed E-state index contributed by atoms with van der Waals surface area (Å²) in [6.45, 7) is 3.15. The van der Waals surface area contributed by atoms with Crippen molar-refractivity contribution in [2.45, 2.75) is 77.1 Å². The van der Waals surface area contributed by atoms with Gasteiger partial charge in [0.25, 0.3) is 5.91 Å². The van der Waals surface area contributed by atoms with Gasteiger partial charge in [-0.05, 0) is 56.3 Å². The number of hydrogen-bond acceptors (Lipinski definition) is 5. The molecule has 3 N–H and O–H groups in total. The van der Waals surface area contributed by atoms with E-state index in [1.54, 1.807) is 0 Å². The minimum absolute atomic E-state index is 0.0315. The van der Waals surface area contributed by atoms with E-state index in [-0.39, 0.29) is 17.6 Å². The van der Waals surface area contributed by atoms with Crippen molar-refractivity contribution >= 4 is 11.9 Å². The molecular weight excluding hydrogens is 385 g/mol. The number of halogens is 3. The molecular formula is C20H29F3N4O2. The summed E-state index contributed by atoms with van der Waals surface area (Å²) in [5.41, 5.74) is 6.52. The highest BCUT2D eigenvalue weighted by molar-refractivity contribution is 5.93. The van der Waals surface area contributed by atoms with Crippen LogP contribution in [-0.2, 0) is 11.2 Å². The predicted octanol–water partition coefficient (Wildman–Crippen LogP) is 3.86. The van der Waals surface area contributed by atoms with E-state index in [4.69, 9.17) is 10.5 Å². The third-order valence-electron chi connectivity index (χ3n) is 5.93. The highest BCUT2D eigenvalue weighted by Crippen LogP contribution is 2.47. The fraction of sp³-hybridized carbons (Fsp3) is 0.750. The van der Waals surface area contributed by atoms with E-state index >= 15 is 0 Å². The quantitative estimate of drug-likeness (QED) is 0.674. The Balaban J connectivity index is 1.60. The molecule has 0 atom stereocenters. The van der Waals surface area contributed by atoms with Gasteiger partial charge in [-0.1, -0.05) is 13.8 Å². The molecule has 1 heterocycles. The number of rotatable bonds is 8. The number of carbonyl (C=O) groups is 1. The Kier molecular flexibility index (Phi) is 6.36. The van der Waals surface area contributed by atoms with Gasteiger partial charge in [0.05, 0.1) is 17.4 Å². The highest BCUT2D eigenvalue weighted by Gasteiger charge is 2.38. The number of primary amides is 1. The number of nitrogens with one attached hydrogen (secondary N) is 1. The number of carbonyl (C=O) groups excluding carboxylic acids is 1. The zero-order valence-electron chi connectivity index (χ0n) is 16.9. The van der Waals surface area contributed by atoms with Crippen molar-refractivity contribution in [3.63, 3.8) is 0 Å². The van der Waals surface area contributed by atoms with E-state index < -0.39 is 18.7 Å². The third-order valence-corrected chi connectivity index (χ3v) is 5.93. The van der Waals surface area contributed by atoms with Crippen molar-refractivity contribution in [3.05, 3.63) is 17.5 Å². The number of amides is 1. The zero-order chi connectivity index (χ0) is 21.2. The molecule has 3 rings (SSSR count). The van der Waals surface area contributed by atoms with Crippen LogP contribution in [0.4, 0.5) is 19.1 Å². The topological polar surface area (TPSA) is 90.1 Å². The van der Waals surface area contributed by atoms with Gasteiger partial charge < -0.3 is 15.8 Å². The van der Waals surface area contributed by atoms with Gasteiger partial charge in [-0.15, -0.1) is 0 Å². The number of hydrogen-bond donors (Lipinski definition) is 2. The van der Waals surface area contributed by atoms with Crippen LogP contribution in [0.15, 0.2) is 6.20 Å². The van der Waals surface area contributed by atoms with E-state index in [1.807, 2.05) is 0 Å². The average molecular weight is 414 g/mol. The second-order valence-electron chi connectivity index (χ2n) is 8.90. The number of aromatic nitrogens is 2. The average Bonchev–Trinajstić information content (AvgIpc) is 3.46. The van der Waals surface area contributed by atoms with E-state index in [9.17, 15) is 18.0 Å². The largest absolute Gasteiger partial charge is 0.411 e. The summed E-state index contributed by atoms with van der Waals surface area (Å²) < 4.78 is 41.8. The minimum atomic E-state index is -4.30. The molecule has 0 radical (unpaired) electrons. The monoisotopic (exact) mass is 414 g/mol. The Labute approximate surface area is 168 Å². The van der Waals surface area contributed by atoms with Crippen molar-refractivity contribution in [2.24, 2.45) is 17.1 Å². The number of alkyl halides is 3. The molecule has 2 aliphatic carbocycles. The lowest BCUT2D eigenvalue weighted by Crippen LogP contribution is -2.32. The van der Waals surface area contributed by atoms with Gasteiger partial charge in [0, 0.05) is 12.2 Å². The highest BCUT2D eigenvalue weighted by atomic mass is 19.4. The van der Waals surface area contributed by atoms with Crippen LogP contribution in [0.25, 0.3) is 0 Å². The first-order valence-electron chi connectivity index (χ1n) is 10.1. The molecule has 9 heteroatoms. The van der Waals surface area contributed by atoms with Gasteiger partial charge in [-0.2, -0.15) is 13.2 Å². The van der Waals surface area contributed by atoms with E-state index in [1.165, 1.54) is 19.0 Å². The summed E-state index contributed by atoms with van der Waals surface area (Å²) in [4.78, 5) is 20.6. The Bertz CT molecular complexity index is 727. The zero-order valence-corrected chi connectivity index (χ0v) is 16.9. The summed E-state index contributed by atoms with van der Waals surface area (Å²) >= 11 is 0. The maximum Gasteiger partial charge on any atom is 0.411 e. The van der Waals surface area contributed by atoms with Crippen LogP contribution in [0.5, 0.6) is 0 Å². The fourth-order valence-electron chi connectivity index (χ4n) is 4.04. The molecule has 2 fully saturated rings. The normalized spacial score (nSPS) is 23.1. The minimum Gasteiger partial charge on any atom is -0.369 e. The standard InChI is InChI=1S/C20H29F3N4O2/c1-19(2,12-3-4-12)9-16-15(17(24)28)10-25-18(27-16)26-13-5-7-14(8-6-13)29-11-20(21,22)23/h10,12-14H,3-9,11H2,1-2H3,(H2,24,28)(H,25,26,27). The first kappa shape index (κ1) is 21.8. The SMILES string of the molecule is CC(C)(Cc1nc(NC2CCC(OCC(F)(F)F)CC2)ncc1C(N)=O)C1CC1.